The predicted molar refractivity (Wildman–Crippen MR) is 124 cm³/mol. The molecular weight excluding hydrogens is 386 g/mol. The summed E-state index contributed by atoms with van der Waals surface area (Å²) in [5.41, 5.74) is 3.87. The summed E-state index contributed by atoms with van der Waals surface area (Å²) in [6, 6.07) is 16.7. The molecule has 1 aliphatic heterocycles. The van der Waals surface area contributed by atoms with Crippen LogP contribution in [0, 0.1) is 11.8 Å². The van der Waals surface area contributed by atoms with Crippen LogP contribution in [-0.2, 0) is 17.6 Å². The van der Waals surface area contributed by atoms with Gasteiger partial charge in [0.05, 0.1) is 13.0 Å². The Morgan fingerprint density at radius 2 is 1.87 bits per heavy atom. The van der Waals surface area contributed by atoms with E-state index in [9.17, 15) is 9.90 Å². The van der Waals surface area contributed by atoms with E-state index in [1.54, 1.807) is 0 Å². The molecule has 4 nitrogen and oxygen atoms in total. The van der Waals surface area contributed by atoms with Gasteiger partial charge in [-0.2, -0.15) is 0 Å². The highest BCUT2D eigenvalue weighted by Crippen LogP contribution is 2.38. The topological polar surface area (TPSA) is 58.6 Å². The van der Waals surface area contributed by atoms with E-state index in [2.05, 4.69) is 35.6 Å². The SMILES string of the molecule is O=C(O)CC(c1ccccc1)C1CCc2cc(OCCCC3CCNCC3)ccc2C1. The standard InChI is InChI=1S/C27H35NO3/c29-27(30)19-26(21-6-2-1-3-7-21)24-9-8-23-18-25(11-10-22(23)17-24)31-16-4-5-20-12-14-28-15-13-20/h1-3,6-7,10-11,18,20,24,26,28H,4-5,8-9,12-17,19H2,(H,29,30). The molecule has 2 unspecified atom stereocenters. The van der Waals surface area contributed by atoms with Crippen molar-refractivity contribution < 1.29 is 14.6 Å². The van der Waals surface area contributed by atoms with Crippen LogP contribution in [0.1, 0.15) is 61.1 Å². The fraction of sp³-hybridized carbons (Fsp3) is 0.519. The third kappa shape index (κ3) is 6.10. The monoisotopic (exact) mass is 421 g/mol. The van der Waals surface area contributed by atoms with E-state index in [-0.39, 0.29) is 12.3 Å². The lowest BCUT2D eigenvalue weighted by Gasteiger charge is -2.31. The lowest BCUT2D eigenvalue weighted by Crippen LogP contribution is -2.27. The largest absolute Gasteiger partial charge is 0.494 e. The number of hydrogen-bond donors (Lipinski definition) is 2. The van der Waals surface area contributed by atoms with Gasteiger partial charge < -0.3 is 15.2 Å². The van der Waals surface area contributed by atoms with Gasteiger partial charge in [0, 0.05) is 0 Å². The van der Waals surface area contributed by atoms with Crippen molar-refractivity contribution in [1.29, 1.82) is 0 Å². The first-order valence-electron chi connectivity index (χ1n) is 11.9. The number of carbonyl (C=O) groups is 1. The molecule has 31 heavy (non-hydrogen) atoms. The lowest BCUT2D eigenvalue weighted by atomic mass is 9.73. The van der Waals surface area contributed by atoms with Crippen molar-refractivity contribution in [3.8, 4) is 5.75 Å². The van der Waals surface area contributed by atoms with Gasteiger partial charge in [-0.3, -0.25) is 4.79 Å². The zero-order valence-corrected chi connectivity index (χ0v) is 18.4. The van der Waals surface area contributed by atoms with E-state index < -0.39 is 5.97 Å². The predicted octanol–water partition coefficient (Wildman–Crippen LogP) is 5.21. The summed E-state index contributed by atoms with van der Waals surface area (Å²) in [6.45, 7) is 3.11. The van der Waals surface area contributed by atoms with Gasteiger partial charge in [0.1, 0.15) is 5.75 Å². The summed E-state index contributed by atoms with van der Waals surface area (Å²) in [7, 11) is 0. The molecule has 1 saturated heterocycles. The number of benzene rings is 2. The molecule has 0 bridgehead atoms. The number of hydrogen-bond acceptors (Lipinski definition) is 3. The van der Waals surface area contributed by atoms with Crippen molar-refractivity contribution in [3.63, 3.8) is 0 Å². The Bertz CT molecular complexity index is 845. The van der Waals surface area contributed by atoms with Gasteiger partial charge in [0.15, 0.2) is 0 Å². The van der Waals surface area contributed by atoms with Crippen LogP contribution in [0.2, 0.25) is 0 Å². The minimum Gasteiger partial charge on any atom is -0.494 e. The Morgan fingerprint density at radius 1 is 1.06 bits per heavy atom. The molecule has 1 fully saturated rings. The maximum atomic E-state index is 11.5. The smallest absolute Gasteiger partial charge is 0.303 e. The molecular formula is C27H35NO3. The van der Waals surface area contributed by atoms with Crippen LogP contribution < -0.4 is 10.1 Å². The molecule has 0 amide bonds. The second-order valence-corrected chi connectivity index (χ2v) is 9.23. The first-order valence-corrected chi connectivity index (χ1v) is 11.9. The van der Waals surface area contributed by atoms with Crippen molar-refractivity contribution in [2.24, 2.45) is 11.8 Å². The van der Waals surface area contributed by atoms with Gasteiger partial charge in [-0.25, -0.2) is 0 Å². The first kappa shape index (κ1) is 21.9. The molecule has 2 aromatic carbocycles. The van der Waals surface area contributed by atoms with Gasteiger partial charge in [0.2, 0.25) is 0 Å². The van der Waals surface area contributed by atoms with Crippen LogP contribution in [0.5, 0.6) is 5.75 Å². The average molecular weight is 422 g/mol. The van der Waals surface area contributed by atoms with E-state index in [1.807, 2.05) is 18.2 Å². The van der Waals surface area contributed by atoms with Gasteiger partial charge in [-0.1, -0.05) is 36.4 Å². The van der Waals surface area contributed by atoms with Crippen LogP contribution >= 0.6 is 0 Å². The molecule has 0 aromatic heterocycles. The molecule has 2 aliphatic rings. The Hall–Kier alpha value is -2.33. The van der Waals surface area contributed by atoms with Crippen LogP contribution in [-0.4, -0.2) is 30.8 Å². The Labute approximate surface area is 186 Å². The Morgan fingerprint density at radius 3 is 2.65 bits per heavy atom. The van der Waals surface area contributed by atoms with Crippen molar-refractivity contribution in [2.75, 3.05) is 19.7 Å². The highest BCUT2D eigenvalue weighted by molar-refractivity contribution is 5.68. The molecule has 4 rings (SSSR count). The second kappa shape index (κ2) is 10.8. The maximum absolute atomic E-state index is 11.5. The van der Waals surface area contributed by atoms with Gasteiger partial charge in [-0.15, -0.1) is 0 Å². The number of carboxylic acid groups (broad SMARTS) is 1. The van der Waals surface area contributed by atoms with Crippen molar-refractivity contribution in [2.45, 2.75) is 57.3 Å². The average Bonchev–Trinajstić information content (AvgIpc) is 2.81. The zero-order valence-electron chi connectivity index (χ0n) is 18.4. The number of nitrogens with one attached hydrogen (secondary N) is 1. The van der Waals surface area contributed by atoms with Gasteiger partial charge >= 0.3 is 5.97 Å². The number of fused-ring (bicyclic) bond motifs is 1. The summed E-state index contributed by atoms with van der Waals surface area (Å²) < 4.78 is 6.07. The van der Waals surface area contributed by atoms with E-state index in [0.29, 0.717) is 5.92 Å². The fourth-order valence-corrected chi connectivity index (χ4v) is 5.37. The zero-order chi connectivity index (χ0) is 21.5. The third-order valence-electron chi connectivity index (χ3n) is 7.12. The highest BCUT2D eigenvalue weighted by atomic mass is 16.5. The van der Waals surface area contributed by atoms with Gasteiger partial charge in [-0.05, 0) is 105 Å². The summed E-state index contributed by atoms with van der Waals surface area (Å²) >= 11 is 0. The van der Waals surface area contributed by atoms with Crippen LogP contribution in [0.25, 0.3) is 0 Å². The lowest BCUT2D eigenvalue weighted by molar-refractivity contribution is -0.137. The summed E-state index contributed by atoms with van der Waals surface area (Å²) in [5, 5.41) is 12.9. The molecule has 2 aromatic rings. The minimum absolute atomic E-state index is 0.0674. The van der Waals surface area contributed by atoms with Crippen molar-refractivity contribution in [1.82, 2.24) is 5.32 Å². The molecule has 2 atom stereocenters. The Balaban J connectivity index is 1.33. The quantitative estimate of drug-likeness (QED) is 0.546. The Kier molecular flexibility index (Phi) is 7.63. The number of aryl methyl sites for hydroxylation is 1. The maximum Gasteiger partial charge on any atom is 0.303 e. The molecule has 0 saturated carbocycles. The molecule has 2 N–H and O–H groups in total. The molecule has 166 valence electrons. The molecule has 0 radical (unpaired) electrons. The number of piperidine rings is 1. The summed E-state index contributed by atoms with van der Waals surface area (Å²) in [6.07, 6.45) is 8.14. The second-order valence-electron chi connectivity index (χ2n) is 9.23. The number of ether oxygens (including phenoxy) is 1. The normalized spacial score (nSPS) is 20.1. The fourth-order valence-electron chi connectivity index (χ4n) is 5.37. The van der Waals surface area contributed by atoms with Crippen LogP contribution in [0.4, 0.5) is 0 Å². The van der Waals surface area contributed by atoms with Crippen molar-refractivity contribution in [3.05, 3.63) is 65.2 Å². The summed E-state index contributed by atoms with van der Waals surface area (Å²) in [4.78, 5) is 11.5. The number of rotatable bonds is 9. The molecule has 1 aliphatic carbocycles. The molecule has 0 spiro atoms. The van der Waals surface area contributed by atoms with E-state index >= 15 is 0 Å². The van der Waals surface area contributed by atoms with Crippen LogP contribution in [0.3, 0.4) is 0 Å². The van der Waals surface area contributed by atoms with Gasteiger partial charge in [0.25, 0.3) is 0 Å². The summed E-state index contributed by atoms with van der Waals surface area (Å²) in [5.74, 6) is 1.55. The first-order chi connectivity index (χ1) is 15.2. The highest BCUT2D eigenvalue weighted by Gasteiger charge is 2.29. The van der Waals surface area contributed by atoms with E-state index in [1.165, 1.54) is 30.4 Å². The van der Waals surface area contributed by atoms with Crippen molar-refractivity contribution >= 4 is 5.97 Å². The third-order valence-corrected chi connectivity index (χ3v) is 7.12. The molecule has 4 heteroatoms. The van der Waals surface area contributed by atoms with Crippen LogP contribution in [0.15, 0.2) is 48.5 Å². The number of carboxylic acids is 1. The van der Waals surface area contributed by atoms with E-state index in [4.69, 9.17) is 4.74 Å². The minimum atomic E-state index is -0.715. The van der Waals surface area contributed by atoms with E-state index in [0.717, 1.165) is 62.6 Å². The molecule has 1 heterocycles. The number of aliphatic carboxylic acids is 1.